The maximum absolute atomic E-state index is 11.4. The molecule has 14 heavy (non-hydrogen) atoms. The summed E-state index contributed by atoms with van der Waals surface area (Å²) in [4.78, 5) is 1.00. The molecule has 1 aromatic carbocycles. The number of rotatable bonds is 3. The van der Waals surface area contributed by atoms with Crippen molar-refractivity contribution < 1.29 is 13.5 Å². The van der Waals surface area contributed by atoms with Crippen LogP contribution in [0.15, 0.2) is 28.0 Å². The van der Waals surface area contributed by atoms with Gasteiger partial charge >= 0.3 is 0 Å². The van der Waals surface area contributed by atoms with E-state index >= 15 is 0 Å². The molecule has 1 rings (SSSR count). The van der Waals surface area contributed by atoms with Gasteiger partial charge in [-0.15, -0.1) is 11.8 Å². The van der Waals surface area contributed by atoms with Gasteiger partial charge in [-0.1, -0.05) is 6.07 Å². The lowest BCUT2D eigenvalue weighted by Gasteiger charge is -2.06. The van der Waals surface area contributed by atoms with E-state index in [4.69, 9.17) is 5.11 Å². The summed E-state index contributed by atoms with van der Waals surface area (Å²) in [6.45, 7) is -0.142. The summed E-state index contributed by atoms with van der Waals surface area (Å²) in [5.74, 6) is 0. The minimum Gasteiger partial charge on any atom is -0.392 e. The van der Waals surface area contributed by atoms with E-state index in [1.165, 1.54) is 24.1 Å². The van der Waals surface area contributed by atoms with Gasteiger partial charge in [0.1, 0.15) is 0 Å². The van der Waals surface area contributed by atoms with E-state index in [0.717, 1.165) is 0 Å². The van der Waals surface area contributed by atoms with E-state index in [0.29, 0.717) is 10.5 Å². The van der Waals surface area contributed by atoms with Crippen LogP contribution in [0.2, 0.25) is 0 Å². The molecule has 0 saturated heterocycles. The Bertz CT molecular complexity index is 424. The van der Waals surface area contributed by atoms with Gasteiger partial charge in [0.2, 0.25) is 0 Å². The summed E-state index contributed by atoms with van der Waals surface area (Å²) in [5, 5.41) is 8.89. The largest absolute Gasteiger partial charge is 0.392 e. The fraction of sp³-hybridized carbons (Fsp3) is 0.333. The Morgan fingerprint density at radius 3 is 2.50 bits per heavy atom. The van der Waals surface area contributed by atoms with Gasteiger partial charge in [-0.25, -0.2) is 8.42 Å². The van der Waals surface area contributed by atoms with E-state index in [2.05, 4.69) is 0 Å². The molecular weight excluding hydrogens is 220 g/mol. The van der Waals surface area contributed by atoms with Crippen molar-refractivity contribution in [2.45, 2.75) is 16.4 Å². The molecule has 0 fully saturated rings. The molecule has 3 nitrogen and oxygen atoms in total. The first-order chi connectivity index (χ1) is 6.49. The minimum absolute atomic E-state index is 0.142. The Morgan fingerprint density at radius 1 is 1.43 bits per heavy atom. The molecule has 78 valence electrons. The predicted octanol–water partition coefficient (Wildman–Crippen LogP) is 1.30. The lowest BCUT2D eigenvalue weighted by molar-refractivity contribution is 0.281. The summed E-state index contributed by atoms with van der Waals surface area (Å²) in [6.07, 6.45) is 2.99. The zero-order chi connectivity index (χ0) is 10.8. The van der Waals surface area contributed by atoms with E-state index in [9.17, 15) is 8.42 Å². The van der Waals surface area contributed by atoms with Crippen molar-refractivity contribution >= 4 is 21.6 Å². The van der Waals surface area contributed by atoms with Gasteiger partial charge in [-0.2, -0.15) is 0 Å². The van der Waals surface area contributed by atoms with Gasteiger partial charge in [0, 0.05) is 11.2 Å². The zero-order valence-corrected chi connectivity index (χ0v) is 9.65. The van der Waals surface area contributed by atoms with E-state index in [-0.39, 0.29) is 11.5 Å². The third-order valence-electron chi connectivity index (χ3n) is 1.81. The molecule has 5 heteroatoms. The van der Waals surface area contributed by atoms with E-state index < -0.39 is 9.84 Å². The average molecular weight is 232 g/mol. The minimum atomic E-state index is -3.21. The second-order valence-electron chi connectivity index (χ2n) is 2.92. The molecule has 1 N–H and O–H groups in total. The molecule has 0 bridgehead atoms. The highest BCUT2D eigenvalue weighted by Crippen LogP contribution is 2.25. The van der Waals surface area contributed by atoms with Crippen LogP contribution < -0.4 is 0 Å². The van der Waals surface area contributed by atoms with Crippen LogP contribution >= 0.6 is 11.8 Å². The monoisotopic (exact) mass is 232 g/mol. The Hall–Kier alpha value is -0.520. The SMILES string of the molecule is CSc1ccc(CO)cc1S(C)(=O)=O. The van der Waals surface area contributed by atoms with Gasteiger partial charge in [-0.05, 0) is 24.0 Å². The van der Waals surface area contributed by atoms with Crippen LogP contribution in [-0.2, 0) is 16.4 Å². The maximum Gasteiger partial charge on any atom is 0.176 e. The van der Waals surface area contributed by atoms with E-state index in [1.54, 1.807) is 12.1 Å². The Labute approximate surface area is 88.1 Å². The molecule has 0 aliphatic rings. The van der Waals surface area contributed by atoms with Crippen LogP contribution in [0, 0.1) is 0 Å². The third kappa shape index (κ3) is 2.50. The molecule has 0 aromatic heterocycles. The molecule has 0 aliphatic heterocycles. The number of hydrogen-bond acceptors (Lipinski definition) is 4. The second-order valence-corrected chi connectivity index (χ2v) is 5.75. The lowest BCUT2D eigenvalue weighted by Crippen LogP contribution is -2.00. The number of hydrogen-bond donors (Lipinski definition) is 1. The molecule has 0 aliphatic carbocycles. The van der Waals surface area contributed by atoms with Crippen LogP contribution in [0.1, 0.15) is 5.56 Å². The highest BCUT2D eigenvalue weighted by atomic mass is 32.2. The first-order valence-corrected chi connectivity index (χ1v) is 7.08. The molecule has 0 unspecified atom stereocenters. The molecule has 0 amide bonds. The Kier molecular flexibility index (Phi) is 3.58. The summed E-state index contributed by atoms with van der Waals surface area (Å²) in [7, 11) is -3.21. The van der Waals surface area contributed by atoms with E-state index in [1.807, 2.05) is 6.26 Å². The number of thioether (sulfide) groups is 1. The Balaban J connectivity index is 3.37. The predicted molar refractivity (Wildman–Crippen MR) is 57.3 cm³/mol. The number of sulfone groups is 1. The third-order valence-corrected chi connectivity index (χ3v) is 3.87. The van der Waals surface area contributed by atoms with Crippen molar-refractivity contribution in [3.63, 3.8) is 0 Å². The molecule has 0 spiro atoms. The number of aliphatic hydroxyl groups excluding tert-OH is 1. The normalized spacial score (nSPS) is 11.6. The number of aliphatic hydroxyl groups is 1. The highest BCUT2D eigenvalue weighted by molar-refractivity contribution is 7.99. The number of benzene rings is 1. The fourth-order valence-corrected chi connectivity index (χ4v) is 3.08. The maximum atomic E-state index is 11.4. The van der Waals surface area contributed by atoms with Crippen molar-refractivity contribution in [3.8, 4) is 0 Å². The summed E-state index contributed by atoms with van der Waals surface area (Å²) >= 11 is 1.38. The van der Waals surface area contributed by atoms with Crippen molar-refractivity contribution in [1.82, 2.24) is 0 Å². The summed E-state index contributed by atoms with van der Waals surface area (Å²) in [5.41, 5.74) is 0.614. The molecule has 1 aromatic rings. The molecule has 0 atom stereocenters. The fourth-order valence-electron chi connectivity index (χ4n) is 1.11. The van der Waals surface area contributed by atoms with Gasteiger partial charge in [0.15, 0.2) is 9.84 Å². The first-order valence-electron chi connectivity index (χ1n) is 3.97. The van der Waals surface area contributed by atoms with Crippen molar-refractivity contribution in [3.05, 3.63) is 23.8 Å². The van der Waals surface area contributed by atoms with Crippen LogP contribution in [0.3, 0.4) is 0 Å². The van der Waals surface area contributed by atoms with Crippen molar-refractivity contribution in [2.75, 3.05) is 12.5 Å². The summed E-state index contributed by atoms with van der Waals surface area (Å²) in [6, 6.07) is 4.95. The lowest BCUT2D eigenvalue weighted by atomic mass is 10.2. The van der Waals surface area contributed by atoms with Gasteiger partial charge in [-0.3, -0.25) is 0 Å². The summed E-state index contributed by atoms with van der Waals surface area (Å²) < 4.78 is 22.8. The van der Waals surface area contributed by atoms with Gasteiger partial charge in [0.05, 0.1) is 11.5 Å². The van der Waals surface area contributed by atoms with Crippen LogP contribution in [0.5, 0.6) is 0 Å². The Morgan fingerprint density at radius 2 is 2.07 bits per heavy atom. The quantitative estimate of drug-likeness (QED) is 0.798. The topological polar surface area (TPSA) is 54.4 Å². The molecule has 0 saturated carbocycles. The van der Waals surface area contributed by atoms with Crippen LogP contribution in [-0.4, -0.2) is 26.0 Å². The smallest absolute Gasteiger partial charge is 0.176 e. The molecular formula is C9H12O3S2. The van der Waals surface area contributed by atoms with Crippen molar-refractivity contribution in [1.29, 1.82) is 0 Å². The average Bonchev–Trinajstić information content (AvgIpc) is 2.15. The first kappa shape index (κ1) is 11.6. The standard InChI is InChI=1S/C9H12O3S2/c1-13-8-4-3-7(6-10)5-9(8)14(2,11)12/h3-5,10H,6H2,1-2H3. The van der Waals surface area contributed by atoms with Crippen LogP contribution in [0.25, 0.3) is 0 Å². The highest BCUT2D eigenvalue weighted by Gasteiger charge is 2.13. The second kappa shape index (κ2) is 4.33. The zero-order valence-electron chi connectivity index (χ0n) is 8.02. The molecule has 0 radical (unpaired) electrons. The molecule has 0 heterocycles. The van der Waals surface area contributed by atoms with Gasteiger partial charge < -0.3 is 5.11 Å². The van der Waals surface area contributed by atoms with Crippen LogP contribution in [0.4, 0.5) is 0 Å². The van der Waals surface area contributed by atoms with Crippen molar-refractivity contribution in [2.24, 2.45) is 0 Å². The van der Waals surface area contributed by atoms with Gasteiger partial charge in [0.25, 0.3) is 0 Å².